The quantitative estimate of drug-likeness (QED) is 0.300. The highest BCUT2D eigenvalue weighted by molar-refractivity contribution is 14.0. The van der Waals surface area contributed by atoms with E-state index in [4.69, 9.17) is 0 Å². The molecule has 3 rings (SSSR count). The molecule has 0 bridgehead atoms. The number of hydrogen-bond donors (Lipinski definition) is 2. The van der Waals surface area contributed by atoms with Crippen molar-refractivity contribution in [1.29, 1.82) is 0 Å². The molecule has 0 saturated carbocycles. The fourth-order valence-electron chi connectivity index (χ4n) is 3.94. The maximum Gasteiger partial charge on any atom is 0.253 e. The lowest BCUT2D eigenvalue weighted by atomic mass is 10.1. The number of halogens is 1. The van der Waals surface area contributed by atoms with Gasteiger partial charge in [-0.05, 0) is 61.1 Å². The number of amides is 2. The minimum atomic E-state index is 0. The fourth-order valence-corrected chi connectivity index (χ4v) is 3.94. The number of piperidine rings is 1. The maximum atomic E-state index is 12.8. The smallest absolute Gasteiger partial charge is 0.253 e. The molecule has 1 aliphatic heterocycles. The molecule has 0 radical (unpaired) electrons. The lowest BCUT2D eigenvalue weighted by Gasteiger charge is -2.26. The molecule has 8 heteroatoms. The second-order valence-corrected chi connectivity index (χ2v) is 8.56. The highest BCUT2D eigenvalue weighted by Gasteiger charge is 2.18. The molecule has 7 nitrogen and oxygen atoms in total. The number of aliphatic imine (C=N–C) groups is 1. The topological polar surface area (TPSA) is 77.0 Å². The molecule has 0 aromatic heterocycles. The van der Waals surface area contributed by atoms with Gasteiger partial charge < -0.3 is 20.4 Å². The van der Waals surface area contributed by atoms with Crippen LogP contribution in [0.15, 0.2) is 53.5 Å². The molecule has 1 saturated heterocycles. The standard InChI is InChI=1S/C26H35N5O2.HI/c1-27-26(28-14-13-20-9-7-11-22(17-20)24(32)30(2)3)29-19-21-10-8-12-23(18-21)25(33)31-15-5-4-6-16-31;/h7-12,17-18H,4-6,13-16,19H2,1-3H3,(H2,27,28,29);1H. The summed E-state index contributed by atoms with van der Waals surface area (Å²) in [6.45, 7) is 2.97. The van der Waals surface area contributed by atoms with E-state index >= 15 is 0 Å². The molecule has 34 heavy (non-hydrogen) atoms. The zero-order valence-electron chi connectivity index (χ0n) is 20.3. The maximum absolute atomic E-state index is 12.8. The van der Waals surface area contributed by atoms with Crippen molar-refractivity contribution in [2.75, 3.05) is 40.8 Å². The van der Waals surface area contributed by atoms with E-state index in [0.717, 1.165) is 49.0 Å². The van der Waals surface area contributed by atoms with E-state index in [1.807, 2.05) is 53.4 Å². The van der Waals surface area contributed by atoms with Gasteiger partial charge in [0, 0.05) is 58.4 Å². The molecule has 0 unspecified atom stereocenters. The molecular formula is C26H36IN5O2. The van der Waals surface area contributed by atoms with Gasteiger partial charge in [-0.15, -0.1) is 24.0 Å². The van der Waals surface area contributed by atoms with Crippen LogP contribution in [0.1, 0.15) is 51.1 Å². The van der Waals surface area contributed by atoms with Crippen molar-refractivity contribution in [3.05, 3.63) is 70.8 Å². The summed E-state index contributed by atoms with van der Waals surface area (Å²) < 4.78 is 0. The summed E-state index contributed by atoms with van der Waals surface area (Å²) in [5.41, 5.74) is 3.57. The van der Waals surface area contributed by atoms with Crippen LogP contribution in [0, 0.1) is 0 Å². The van der Waals surface area contributed by atoms with Crippen molar-refractivity contribution in [3.63, 3.8) is 0 Å². The lowest BCUT2D eigenvalue weighted by Crippen LogP contribution is -2.38. The second kappa shape index (κ2) is 13.9. The summed E-state index contributed by atoms with van der Waals surface area (Å²) in [6.07, 6.45) is 4.16. The van der Waals surface area contributed by atoms with Gasteiger partial charge in [0.2, 0.25) is 0 Å². The largest absolute Gasteiger partial charge is 0.356 e. The summed E-state index contributed by atoms with van der Waals surface area (Å²) in [5, 5.41) is 6.63. The van der Waals surface area contributed by atoms with Crippen LogP contribution in [0.4, 0.5) is 0 Å². The van der Waals surface area contributed by atoms with Crippen molar-refractivity contribution >= 4 is 41.8 Å². The van der Waals surface area contributed by atoms with Crippen LogP contribution in [-0.4, -0.2) is 68.4 Å². The van der Waals surface area contributed by atoms with Gasteiger partial charge in [0.25, 0.3) is 11.8 Å². The Kier molecular flexibility index (Phi) is 11.3. The van der Waals surface area contributed by atoms with Crippen LogP contribution in [0.2, 0.25) is 0 Å². The first-order valence-electron chi connectivity index (χ1n) is 11.6. The zero-order chi connectivity index (χ0) is 23.6. The minimum absolute atomic E-state index is 0. The molecule has 2 amide bonds. The molecular weight excluding hydrogens is 541 g/mol. The normalized spacial score (nSPS) is 13.6. The van der Waals surface area contributed by atoms with Crippen LogP contribution in [-0.2, 0) is 13.0 Å². The van der Waals surface area contributed by atoms with Gasteiger partial charge in [-0.1, -0.05) is 24.3 Å². The summed E-state index contributed by atoms with van der Waals surface area (Å²) >= 11 is 0. The van der Waals surface area contributed by atoms with Gasteiger partial charge in [0.05, 0.1) is 0 Å². The average Bonchev–Trinajstić information content (AvgIpc) is 2.86. The van der Waals surface area contributed by atoms with Gasteiger partial charge in [-0.2, -0.15) is 0 Å². The SMILES string of the molecule is CN=C(NCCc1cccc(C(=O)N(C)C)c1)NCc1cccc(C(=O)N2CCCCC2)c1.I. The number of carbonyl (C=O) groups excluding carboxylic acids is 2. The van der Waals surface area contributed by atoms with Crippen molar-refractivity contribution in [2.45, 2.75) is 32.2 Å². The van der Waals surface area contributed by atoms with Crippen LogP contribution >= 0.6 is 24.0 Å². The van der Waals surface area contributed by atoms with E-state index in [0.29, 0.717) is 24.6 Å². The predicted octanol–water partition coefficient (Wildman–Crippen LogP) is 3.54. The molecule has 1 heterocycles. The van der Waals surface area contributed by atoms with Crippen molar-refractivity contribution < 1.29 is 9.59 Å². The molecule has 184 valence electrons. The molecule has 0 aliphatic carbocycles. The fraction of sp³-hybridized carbons (Fsp3) is 0.423. The van der Waals surface area contributed by atoms with Gasteiger partial charge in [0.15, 0.2) is 5.96 Å². The van der Waals surface area contributed by atoms with Gasteiger partial charge in [-0.3, -0.25) is 14.6 Å². The second-order valence-electron chi connectivity index (χ2n) is 8.56. The van der Waals surface area contributed by atoms with E-state index in [1.54, 1.807) is 26.0 Å². The Morgan fingerprint density at radius 1 is 0.941 bits per heavy atom. The number of hydrogen-bond acceptors (Lipinski definition) is 3. The van der Waals surface area contributed by atoms with Gasteiger partial charge in [0.1, 0.15) is 0 Å². The zero-order valence-corrected chi connectivity index (χ0v) is 22.7. The molecule has 0 spiro atoms. The molecule has 2 N–H and O–H groups in total. The Morgan fingerprint density at radius 3 is 2.26 bits per heavy atom. The molecule has 1 aliphatic rings. The number of guanidine groups is 1. The van der Waals surface area contributed by atoms with Gasteiger partial charge >= 0.3 is 0 Å². The number of benzene rings is 2. The monoisotopic (exact) mass is 577 g/mol. The van der Waals surface area contributed by atoms with Crippen molar-refractivity contribution in [2.24, 2.45) is 4.99 Å². The summed E-state index contributed by atoms with van der Waals surface area (Å²) in [7, 11) is 5.25. The van der Waals surface area contributed by atoms with E-state index in [9.17, 15) is 9.59 Å². The Bertz CT molecular complexity index is 987. The summed E-state index contributed by atoms with van der Waals surface area (Å²) in [4.78, 5) is 32.8. The third-order valence-corrected chi connectivity index (χ3v) is 5.79. The number of likely N-dealkylation sites (tertiary alicyclic amines) is 1. The first kappa shape index (κ1) is 27.6. The third kappa shape index (κ3) is 8.00. The third-order valence-electron chi connectivity index (χ3n) is 5.79. The number of nitrogens with one attached hydrogen (secondary N) is 2. The predicted molar refractivity (Wildman–Crippen MR) is 148 cm³/mol. The molecule has 1 fully saturated rings. The van der Waals surface area contributed by atoms with Crippen molar-refractivity contribution in [3.8, 4) is 0 Å². The van der Waals surface area contributed by atoms with Crippen LogP contribution in [0.5, 0.6) is 0 Å². The minimum Gasteiger partial charge on any atom is -0.356 e. The van der Waals surface area contributed by atoms with Gasteiger partial charge in [-0.25, -0.2) is 0 Å². The Hall–Kier alpha value is -2.62. The Balaban J connectivity index is 0.00000408. The van der Waals surface area contributed by atoms with Crippen LogP contribution < -0.4 is 10.6 Å². The molecule has 0 atom stereocenters. The first-order valence-corrected chi connectivity index (χ1v) is 11.6. The highest BCUT2D eigenvalue weighted by Crippen LogP contribution is 2.14. The van der Waals surface area contributed by atoms with E-state index < -0.39 is 0 Å². The van der Waals surface area contributed by atoms with E-state index in [2.05, 4.69) is 15.6 Å². The number of rotatable bonds is 7. The average molecular weight is 578 g/mol. The molecule has 2 aromatic carbocycles. The Labute approximate surface area is 220 Å². The van der Waals surface area contributed by atoms with E-state index in [-0.39, 0.29) is 35.8 Å². The first-order chi connectivity index (χ1) is 16.0. The summed E-state index contributed by atoms with van der Waals surface area (Å²) in [5.74, 6) is 0.820. The van der Waals surface area contributed by atoms with Crippen LogP contribution in [0.25, 0.3) is 0 Å². The summed E-state index contributed by atoms with van der Waals surface area (Å²) in [6, 6.07) is 15.5. The van der Waals surface area contributed by atoms with Crippen LogP contribution in [0.3, 0.4) is 0 Å². The highest BCUT2D eigenvalue weighted by atomic mass is 127. The lowest BCUT2D eigenvalue weighted by molar-refractivity contribution is 0.0723. The molecule has 2 aromatic rings. The number of nitrogens with zero attached hydrogens (tertiary/aromatic N) is 3. The Morgan fingerprint density at radius 2 is 1.59 bits per heavy atom. The van der Waals surface area contributed by atoms with Crippen molar-refractivity contribution in [1.82, 2.24) is 20.4 Å². The number of carbonyl (C=O) groups is 2. The van der Waals surface area contributed by atoms with E-state index in [1.165, 1.54) is 6.42 Å².